The second-order valence-corrected chi connectivity index (χ2v) is 5.11. The number of rotatable bonds is 6. The number of nitriles is 1. The summed E-state index contributed by atoms with van der Waals surface area (Å²) < 4.78 is 5.05. The average molecular weight is 324 g/mol. The van der Waals surface area contributed by atoms with E-state index in [4.69, 9.17) is 10.00 Å². The molecular weight excluding hydrogens is 308 g/mol. The predicted molar refractivity (Wildman–Crippen MR) is 86.7 cm³/mol. The molecule has 0 aliphatic heterocycles. The fourth-order valence-corrected chi connectivity index (χ4v) is 2.14. The molecule has 0 spiro atoms. The third-order valence-corrected chi connectivity index (χ3v) is 3.48. The first kappa shape index (κ1) is 17.0. The Morgan fingerprint density at radius 3 is 2.29 bits per heavy atom. The van der Waals surface area contributed by atoms with Crippen LogP contribution in [0.15, 0.2) is 48.5 Å². The standard InChI is InChI=1S/C18H16N2O4/c1-24-15-8-4-12(5-9-15)10-16(18(22)23)20-17(21)14-6-2-13(11-19)3-7-14/h2-9,16H,10H2,1H3,(H,20,21)(H,22,23)/t16-/m0/s1. The van der Waals surface area contributed by atoms with E-state index in [1.807, 2.05) is 6.07 Å². The van der Waals surface area contributed by atoms with Gasteiger partial charge in [0.2, 0.25) is 0 Å². The number of methoxy groups -OCH3 is 1. The summed E-state index contributed by atoms with van der Waals surface area (Å²) in [6, 6.07) is 13.9. The summed E-state index contributed by atoms with van der Waals surface area (Å²) >= 11 is 0. The molecule has 0 aliphatic rings. The van der Waals surface area contributed by atoms with Crippen LogP contribution in [0.2, 0.25) is 0 Å². The Morgan fingerprint density at radius 2 is 1.79 bits per heavy atom. The van der Waals surface area contributed by atoms with Crippen molar-refractivity contribution in [2.45, 2.75) is 12.5 Å². The van der Waals surface area contributed by atoms with Gasteiger partial charge >= 0.3 is 5.97 Å². The van der Waals surface area contributed by atoms with Gasteiger partial charge in [-0.3, -0.25) is 4.79 Å². The summed E-state index contributed by atoms with van der Waals surface area (Å²) in [5, 5.41) is 20.6. The maximum absolute atomic E-state index is 12.2. The highest BCUT2D eigenvalue weighted by molar-refractivity contribution is 5.96. The lowest BCUT2D eigenvalue weighted by molar-refractivity contribution is -0.139. The molecule has 2 aromatic carbocycles. The fourth-order valence-electron chi connectivity index (χ4n) is 2.14. The van der Waals surface area contributed by atoms with E-state index in [9.17, 15) is 14.7 Å². The molecule has 0 heterocycles. The molecule has 0 aromatic heterocycles. The number of benzene rings is 2. The minimum atomic E-state index is -1.12. The van der Waals surface area contributed by atoms with E-state index in [0.29, 0.717) is 16.9 Å². The number of carbonyl (C=O) groups excluding carboxylic acids is 1. The number of aliphatic carboxylic acids is 1. The zero-order valence-corrected chi connectivity index (χ0v) is 13.0. The number of ether oxygens (including phenoxy) is 1. The molecule has 2 N–H and O–H groups in total. The van der Waals surface area contributed by atoms with Crippen LogP contribution in [0.5, 0.6) is 5.75 Å². The number of hydrogen-bond donors (Lipinski definition) is 2. The summed E-state index contributed by atoms with van der Waals surface area (Å²) in [6.45, 7) is 0. The first-order chi connectivity index (χ1) is 11.5. The predicted octanol–water partition coefficient (Wildman–Crippen LogP) is 1.99. The Labute approximate surface area is 139 Å². The molecule has 1 amide bonds. The number of amides is 1. The first-order valence-electron chi connectivity index (χ1n) is 7.20. The topological polar surface area (TPSA) is 99.4 Å². The monoisotopic (exact) mass is 324 g/mol. The third-order valence-electron chi connectivity index (χ3n) is 3.48. The van der Waals surface area contributed by atoms with Gasteiger partial charge in [0.15, 0.2) is 0 Å². The minimum Gasteiger partial charge on any atom is -0.497 e. The Kier molecular flexibility index (Phi) is 5.53. The van der Waals surface area contributed by atoms with Crippen molar-refractivity contribution < 1.29 is 19.4 Å². The molecule has 0 saturated heterocycles. The normalized spacial score (nSPS) is 11.2. The van der Waals surface area contributed by atoms with E-state index in [1.165, 1.54) is 24.3 Å². The molecule has 0 bridgehead atoms. The molecule has 0 aliphatic carbocycles. The van der Waals surface area contributed by atoms with Crippen molar-refractivity contribution in [2.24, 2.45) is 0 Å². The molecule has 2 rings (SSSR count). The van der Waals surface area contributed by atoms with Crippen molar-refractivity contribution in [1.82, 2.24) is 5.32 Å². The van der Waals surface area contributed by atoms with Crippen LogP contribution in [0.1, 0.15) is 21.5 Å². The summed E-state index contributed by atoms with van der Waals surface area (Å²) in [7, 11) is 1.55. The van der Waals surface area contributed by atoms with Crippen LogP contribution in [0.4, 0.5) is 0 Å². The maximum atomic E-state index is 12.2. The Morgan fingerprint density at radius 1 is 1.17 bits per heavy atom. The van der Waals surface area contributed by atoms with E-state index in [2.05, 4.69) is 5.32 Å². The summed E-state index contributed by atoms with van der Waals surface area (Å²) in [6.07, 6.45) is 0.154. The number of hydrogen-bond acceptors (Lipinski definition) is 4. The zero-order valence-electron chi connectivity index (χ0n) is 13.0. The third kappa shape index (κ3) is 4.34. The second kappa shape index (κ2) is 7.79. The minimum absolute atomic E-state index is 0.154. The molecule has 0 fully saturated rings. The van der Waals surface area contributed by atoms with Crippen LogP contribution in [0, 0.1) is 11.3 Å². The lowest BCUT2D eigenvalue weighted by atomic mass is 10.0. The van der Waals surface area contributed by atoms with Gasteiger partial charge in [0.05, 0.1) is 18.7 Å². The quantitative estimate of drug-likeness (QED) is 0.846. The average Bonchev–Trinajstić information content (AvgIpc) is 2.61. The van der Waals surface area contributed by atoms with Crippen LogP contribution < -0.4 is 10.1 Å². The molecular formula is C18H16N2O4. The SMILES string of the molecule is COc1ccc(C[C@H](NC(=O)c2ccc(C#N)cc2)C(=O)O)cc1. The van der Waals surface area contributed by atoms with Gasteiger partial charge in [0.25, 0.3) is 5.91 Å². The van der Waals surface area contributed by atoms with Crippen molar-refractivity contribution in [3.8, 4) is 11.8 Å². The van der Waals surface area contributed by atoms with Crippen molar-refractivity contribution >= 4 is 11.9 Å². The van der Waals surface area contributed by atoms with Crippen molar-refractivity contribution in [2.75, 3.05) is 7.11 Å². The van der Waals surface area contributed by atoms with E-state index >= 15 is 0 Å². The molecule has 1 atom stereocenters. The second-order valence-electron chi connectivity index (χ2n) is 5.11. The smallest absolute Gasteiger partial charge is 0.326 e. The van der Waals surface area contributed by atoms with Crippen molar-refractivity contribution in [3.05, 3.63) is 65.2 Å². The number of carbonyl (C=O) groups is 2. The van der Waals surface area contributed by atoms with Crippen LogP contribution in [-0.2, 0) is 11.2 Å². The first-order valence-corrected chi connectivity index (χ1v) is 7.20. The maximum Gasteiger partial charge on any atom is 0.326 e. The molecule has 2 aromatic rings. The van der Waals surface area contributed by atoms with Crippen LogP contribution in [-0.4, -0.2) is 30.1 Å². The van der Waals surface area contributed by atoms with E-state index in [0.717, 1.165) is 5.56 Å². The van der Waals surface area contributed by atoms with Gasteiger partial charge in [0.1, 0.15) is 11.8 Å². The molecule has 0 radical (unpaired) electrons. The fraction of sp³-hybridized carbons (Fsp3) is 0.167. The Hall–Kier alpha value is -3.33. The molecule has 0 saturated carbocycles. The van der Waals surface area contributed by atoms with Gasteiger partial charge in [-0.1, -0.05) is 12.1 Å². The van der Waals surface area contributed by atoms with Gasteiger partial charge < -0.3 is 15.2 Å². The van der Waals surface area contributed by atoms with Gasteiger partial charge in [-0.25, -0.2) is 4.79 Å². The molecule has 122 valence electrons. The van der Waals surface area contributed by atoms with Gasteiger partial charge in [-0.15, -0.1) is 0 Å². The lowest BCUT2D eigenvalue weighted by Crippen LogP contribution is -2.42. The molecule has 6 heteroatoms. The van der Waals surface area contributed by atoms with Crippen LogP contribution >= 0.6 is 0 Å². The van der Waals surface area contributed by atoms with Crippen molar-refractivity contribution in [1.29, 1.82) is 5.26 Å². The van der Waals surface area contributed by atoms with E-state index in [1.54, 1.807) is 31.4 Å². The largest absolute Gasteiger partial charge is 0.497 e. The van der Waals surface area contributed by atoms with Gasteiger partial charge in [0, 0.05) is 12.0 Å². The van der Waals surface area contributed by atoms with Crippen molar-refractivity contribution in [3.63, 3.8) is 0 Å². The number of carboxylic acids is 1. The number of nitrogens with one attached hydrogen (secondary N) is 1. The van der Waals surface area contributed by atoms with Gasteiger partial charge in [-0.2, -0.15) is 5.26 Å². The Balaban J connectivity index is 2.08. The molecule has 24 heavy (non-hydrogen) atoms. The highest BCUT2D eigenvalue weighted by atomic mass is 16.5. The van der Waals surface area contributed by atoms with E-state index < -0.39 is 17.9 Å². The van der Waals surface area contributed by atoms with Gasteiger partial charge in [-0.05, 0) is 42.0 Å². The number of carboxylic acid groups (broad SMARTS) is 1. The van der Waals surface area contributed by atoms with Crippen LogP contribution in [0.25, 0.3) is 0 Å². The molecule has 6 nitrogen and oxygen atoms in total. The highest BCUT2D eigenvalue weighted by Crippen LogP contribution is 2.13. The summed E-state index contributed by atoms with van der Waals surface area (Å²) in [5.74, 6) is -0.944. The molecule has 0 unspecified atom stereocenters. The highest BCUT2D eigenvalue weighted by Gasteiger charge is 2.21. The van der Waals surface area contributed by atoms with Crippen LogP contribution in [0.3, 0.4) is 0 Å². The zero-order chi connectivity index (χ0) is 17.5. The Bertz CT molecular complexity index is 761. The van der Waals surface area contributed by atoms with E-state index in [-0.39, 0.29) is 6.42 Å². The summed E-state index contributed by atoms with van der Waals surface area (Å²) in [4.78, 5) is 23.6. The lowest BCUT2D eigenvalue weighted by Gasteiger charge is -2.15. The number of nitrogens with zero attached hydrogens (tertiary/aromatic N) is 1. The summed E-state index contributed by atoms with van der Waals surface area (Å²) in [5.41, 5.74) is 1.50.